The van der Waals surface area contributed by atoms with Crippen molar-refractivity contribution in [3.8, 4) is 56.9 Å². The number of hydrogen-bond donors (Lipinski definition) is 0. The van der Waals surface area contributed by atoms with Gasteiger partial charge in [-0.3, -0.25) is 0 Å². The highest BCUT2D eigenvalue weighted by molar-refractivity contribution is 7.00. The predicted molar refractivity (Wildman–Crippen MR) is 428 cm³/mol. The Morgan fingerprint density at radius 2 is 0.782 bits per heavy atom. The Morgan fingerprint density at radius 1 is 0.337 bits per heavy atom. The molecular weight excluding hydrogens is 1220 g/mol. The molecule has 0 bridgehead atoms. The first-order chi connectivity index (χ1) is 50.2. The van der Waals surface area contributed by atoms with Gasteiger partial charge in [0.15, 0.2) is 0 Å². The van der Waals surface area contributed by atoms with Gasteiger partial charge in [0.2, 0.25) is 0 Å². The molecule has 2 aliphatic rings. The lowest BCUT2D eigenvalue weighted by atomic mass is 9.33. The third kappa shape index (κ3) is 10.7. The Balaban J connectivity index is 1.07. The van der Waals surface area contributed by atoms with E-state index in [-0.39, 0.29) is 39.3 Å². The van der Waals surface area contributed by atoms with Crippen molar-refractivity contribution in [3.63, 3.8) is 0 Å². The van der Waals surface area contributed by atoms with Crippen LogP contribution in [0.25, 0.3) is 88.4 Å². The van der Waals surface area contributed by atoms with Crippen molar-refractivity contribution >= 4 is 101 Å². The fourth-order valence-electron chi connectivity index (χ4n) is 15.6. The zero-order chi connectivity index (χ0) is 74.9. The largest absolute Gasteiger partial charge is 0.311 e. The Labute approximate surface area is 603 Å². The monoisotopic (exact) mass is 1310 g/mol. The molecule has 0 spiro atoms. The SMILES string of the molecule is [2H]c1c([2H])c([2H])c(-c2ccc3c(c2)N(c2c(-c4ccccc4)cc(C(C)(C)C)cc2-c2ccccc2)c2cc(C(C)(C)C)cc4c2B3c2ccc(-n3c5ccc(C(C)(C)C)cc5c5cc(C(C)(C)C)ccc53)cc2N4c2ccc(C#N)c(-n3c4ccc(C#N)cc4c4cc(C(C)(C)C)ccc43)c2)c([2H])c1[2H]. The second-order valence-corrected chi connectivity index (χ2v) is 33.0. The molecule has 494 valence electrons. The van der Waals surface area contributed by atoms with Crippen LogP contribution < -0.4 is 26.2 Å². The molecule has 0 saturated heterocycles. The van der Waals surface area contributed by atoms with Crippen LogP contribution in [0.1, 0.15) is 150 Å². The summed E-state index contributed by atoms with van der Waals surface area (Å²) in [7, 11) is 0. The molecule has 0 atom stereocenters. The average Bonchev–Trinajstić information content (AvgIpc) is 0.800. The molecule has 7 heteroatoms. The summed E-state index contributed by atoms with van der Waals surface area (Å²) < 4.78 is 50.7. The molecule has 12 aromatic carbocycles. The van der Waals surface area contributed by atoms with Crippen LogP contribution in [0.2, 0.25) is 0 Å². The van der Waals surface area contributed by atoms with Crippen molar-refractivity contribution in [2.75, 3.05) is 9.80 Å². The molecule has 2 aliphatic heterocycles. The summed E-state index contributed by atoms with van der Waals surface area (Å²) in [5.41, 5.74) is 24.2. The number of rotatable bonds is 7. The van der Waals surface area contributed by atoms with Crippen molar-refractivity contribution in [1.29, 1.82) is 10.5 Å². The number of hydrogen-bond acceptors (Lipinski definition) is 4. The van der Waals surface area contributed by atoms with E-state index in [4.69, 9.17) is 4.11 Å². The van der Waals surface area contributed by atoms with E-state index in [1.54, 1.807) is 0 Å². The Hall–Kier alpha value is -11.1. The number of nitriles is 2. The van der Waals surface area contributed by atoms with Crippen molar-refractivity contribution in [1.82, 2.24) is 9.13 Å². The van der Waals surface area contributed by atoms with E-state index < -0.39 is 30.3 Å². The summed E-state index contributed by atoms with van der Waals surface area (Å²) in [5, 5.41) is 26.3. The molecule has 0 fully saturated rings. The van der Waals surface area contributed by atoms with Gasteiger partial charge in [0, 0.05) is 66.8 Å². The van der Waals surface area contributed by atoms with Gasteiger partial charge >= 0.3 is 0 Å². The normalized spacial score (nSPS) is 13.9. The van der Waals surface area contributed by atoms with E-state index in [1.165, 1.54) is 21.9 Å². The van der Waals surface area contributed by atoms with Gasteiger partial charge in [-0.05, 0) is 209 Å². The minimum atomic E-state index is -0.468. The highest BCUT2D eigenvalue weighted by Gasteiger charge is 2.46. The van der Waals surface area contributed by atoms with Crippen LogP contribution in [0.4, 0.5) is 34.1 Å². The first kappa shape index (κ1) is 58.8. The maximum absolute atomic E-state index is 11.6. The minimum absolute atomic E-state index is 0.119. The topological polar surface area (TPSA) is 63.9 Å². The molecule has 0 aliphatic carbocycles. The van der Waals surface area contributed by atoms with Gasteiger partial charge in [0.05, 0.1) is 57.5 Å². The highest BCUT2D eigenvalue weighted by Crippen LogP contribution is 2.54. The number of benzene rings is 12. The smallest absolute Gasteiger partial charge is 0.252 e. The summed E-state index contributed by atoms with van der Waals surface area (Å²) in [6, 6.07) is 79.8. The van der Waals surface area contributed by atoms with Crippen LogP contribution in [0.5, 0.6) is 0 Å². The Morgan fingerprint density at radius 3 is 1.29 bits per heavy atom. The summed E-state index contributed by atoms with van der Waals surface area (Å²) in [6.07, 6.45) is 0. The van der Waals surface area contributed by atoms with E-state index in [0.717, 1.165) is 128 Å². The van der Waals surface area contributed by atoms with Crippen molar-refractivity contribution in [2.45, 2.75) is 131 Å². The quantitative estimate of drug-likeness (QED) is 0.149. The van der Waals surface area contributed by atoms with Crippen LogP contribution in [0, 0.1) is 22.7 Å². The molecule has 4 heterocycles. The lowest BCUT2D eigenvalue weighted by molar-refractivity contribution is 0.590. The van der Waals surface area contributed by atoms with Gasteiger partial charge in [-0.1, -0.05) is 231 Å². The van der Waals surface area contributed by atoms with Crippen LogP contribution >= 0.6 is 0 Å². The van der Waals surface area contributed by atoms with E-state index in [9.17, 15) is 13.3 Å². The van der Waals surface area contributed by atoms with Gasteiger partial charge in [-0.15, -0.1) is 0 Å². The summed E-state index contributed by atoms with van der Waals surface area (Å²) in [6.45, 7) is 33.4. The molecule has 14 aromatic rings. The Bertz CT molecular complexity index is 5990. The van der Waals surface area contributed by atoms with Crippen LogP contribution in [-0.4, -0.2) is 15.8 Å². The number of fused-ring (bicyclic) bond motifs is 10. The molecule has 101 heavy (non-hydrogen) atoms. The molecule has 2 aromatic heterocycles. The van der Waals surface area contributed by atoms with Crippen molar-refractivity contribution in [2.24, 2.45) is 0 Å². The molecule has 0 amide bonds. The molecule has 0 N–H and O–H groups in total. The third-order valence-corrected chi connectivity index (χ3v) is 21.2. The molecule has 0 unspecified atom stereocenters. The molecule has 6 nitrogen and oxygen atoms in total. The summed E-state index contributed by atoms with van der Waals surface area (Å²) in [4.78, 5) is 4.88. The van der Waals surface area contributed by atoms with E-state index in [2.05, 4.69) is 317 Å². The highest BCUT2D eigenvalue weighted by atomic mass is 15.2. The zero-order valence-electron chi connectivity index (χ0n) is 65.5. The third-order valence-electron chi connectivity index (χ3n) is 21.2. The molecular formula is C94H85BN6. The molecule has 16 rings (SSSR count). The van der Waals surface area contributed by atoms with Crippen molar-refractivity contribution < 1.29 is 6.85 Å². The average molecular weight is 1310 g/mol. The number of aromatic nitrogens is 2. The fraction of sp³-hybridized carbons (Fsp3) is 0.213. The van der Waals surface area contributed by atoms with Gasteiger partial charge in [-0.25, -0.2) is 0 Å². The van der Waals surface area contributed by atoms with Crippen LogP contribution in [0.15, 0.2) is 243 Å². The van der Waals surface area contributed by atoms with E-state index >= 15 is 0 Å². The van der Waals surface area contributed by atoms with Gasteiger partial charge in [0.1, 0.15) is 6.07 Å². The second kappa shape index (κ2) is 23.2. The van der Waals surface area contributed by atoms with Gasteiger partial charge < -0.3 is 18.9 Å². The summed E-state index contributed by atoms with van der Waals surface area (Å²) in [5.74, 6) is 0. The minimum Gasteiger partial charge on any atom is -0.311 e. The molecule has 0 radical (unpaired) electrons. The first-order valence-corrected chi connectivity index (χ1v) is 35.3. The lowest BCUT2D eigenvalue weighted by Crippen LogP contribution is -2.61. The van der Waals surface area contributed by atoms with Gasteiger partial charge in [-0.2, -0.15) is 10.5 Å². The number of anilines is 6. The van der Waals surface area contributed by atoms with E-state index in [1.807, 2.05) is 30.3 Å². The standard InChI is InChI=1S/C94H85BN6/c1-90(2,3)64-34-42-79-75(48-64)76-49-65(91(4,5)6)35-43-80(76)98(79)70-38-40-78-85(55-70)99(69-37-32-63(57-97)83(54-69)100-81-41-31-58(56-96)45-73(81)74-47-66(92(7,8)9)36-44-82(74)100)86-52-68(94(13,14)15)53-87-88(86)95(78)77-39-33-62(59-25-19-16-20-26-59)46-84(77)101(87)89-71(60-27-21-17-22-28-60)50-67(93(10,11)12)51-72(89)61-29-23-18-24-30-61/h16-55H,1-15H3/i16D,19D,20D,25D,26D. The van der Waals surface area contributed by atoms with Crippen LogP contribution in [0.3, 0.4) is 0 Å². The maximum Gasteiger partial charge on any atom is 0.252 e. The zero-order valence-corrected chi connectivity index (χ0v) is 60.5. The predicted octanol–water partition coefficient (Wildman–Crippen LogP) is 23.2. The maximum atomic E-state index is 11.6. The lowest BCUT2D eigenvalue weighted by Gasteiger charge is -2.46. The van der Waals surface area contributed by atoms with Crippen LogP contribution in [-0.2, 0) is 27.1 Å². The first-order valence-electron chi connectivity index (χ1n) is 37.8. The Kier molecular flexibility index (Phi) is 13.5. The van der Waals surface area contributed by atoms with Gasteiger partial charge in [0.25, 0.3) is 6.71 Å². The second-order valence-electron chi connectivity index (χ2n) is 33.0. The van der Waals surface area contributed by atoms with Crippen molar-refractivity contribution in [3.05, 3.63) is 281 Å². The molecule has 0 saturated carbocycles. The number of nitrogens with zero attached hydrogens (tertiary/aromatic N) is 6. The van der Waals surface area contributed by atoms with E-state index in [0.29, 0.717) is 22.4 Å². The summed E-state index contributed by atoms with van der Waals surface area (Å²) >= 11 is 0. The fourth-order valence-corrected chi connectivity index (χ4v) is 15.6.